The third-order valence-corrected chi connectivity index (χ3v) is 11.4. The Bertz CT molecular complexity index is 508. The van der Waals surface area contributed by atoms with Crippen molar-refractivity contribution in [2.45, 2.75) is 85.3 Å². The van der Waals surface area contributed by atoms with Crippen LogP contribution >= 0.6 is 7.60 Å². The lowest BCUT2D eigenvalue weighted by Gasteiger charge is -2.39. The number of hydrogen-bond donors (Lipinski definition) is 0. The maximum atomic E-state index is 13.1. The van der Waals surface area contributed by atoms with Crippen molar-refractivity contribution in [2.24, 2.45) is 0 Å². The van der Waals surface area contributed by atoms with Crippen LogP contribution in [0.2, 0.25) is 18.1 Å². The van der Waals surface area contributed by atoms with Crippen molar-refractivity contribution >= 4 is 21.7 Å². The summed E-state index contributed by atoms with van der Waals surface area (Å²) in [4.78, 5) is 13.1. The Kier molecular flexibility index (Phi) is 9.51. The van der Waals surface area contributed by atoms with E-state index in [0.717, 1.165) is 5.57 Å². The third kappa shape index (κ3) is 7.10. The van der Waals surface area contributed by atoms with E-state index in [2.05, 4.69) is 33.9 Å². The van der Waals surface area contributed by atoms with Crippen LogP contribution in [0.15, 0.2) is 11.6 Å². The molecule has 148 valence electrons. The van der Waals surface area contributed by atoms with E-state index in [9.17, 15) is 9.36 Å². The molecule has 0 spiro atoms. The van der Waals surface area contributed by atoms with Crippen LogP contribution in [-0.2, 0) is 22.8 Å². The lowest BCUT2D eigenvalue weighted by atomic mass is 10.1. The standard InChI is InChI=1S/C18H37O5PSi/c1-11-21-24(20,22-12-2)15(5)17(19)16(13-14(3)4)23-25(9,10)18(6,7)8/h13,15-16H,11-12H2,1-10H3/t15?,16-/m1/s1. The number of carbonyl (C=O) groups excluding carboxylic acids is 1. The first-order chi connectivity index (χ1) is 11.2. The predicted octanol–water partition coefficient (Wildman–Crippen LogP) is 5.57. The summed E-state index contributed by atoms with van der Waals surface area (Å²) < 4.78 is 30.0. The van der Waals surface area contributed by atoms with E-state index < -0.39 is 27.7 Å². The van der Waals surface area contributed by atoms with Crippen LogP contribution in [0.5, 0.6) is 0 Å². The van der Waals surface area contributed by atoms with E-state index in [0.29, 0.717) is 0 Å². The fourth-order valence-corrected chi connectivity index (χ4v) is 4.86. The first-order valence-electron chi connectivity index (χ1n) is 8.97. The van der Waals surface area contributed by atoms with Gasteiger partial charge in [0.2, 0.25) is 0 Å². The Morgan fingerprint density at radius 1 is 1.12 bits per heavy atom. The zero-order valence-corrected chi connectivity index (χ0v) is 19.5. The molecule has 0 aliphatic carbocycles. The van der Waals surface area contributed by atoms with Gasteiger partial charge < -0.3 is 13.5 Å². The minimum absolute atomic E-state index is 0.0339. The van der Waals surface area contributed by atoms with E-state index in [1.807, 2.05) is 19.9 Å². The first-order valence-corrected chi connectivity index (χ1v) is 13.5. The van der Waals surface area contributed by atoms with Crippen LogP contribution in [0, 0.1) is 0 Å². The lowest BCUT2D eigenvalue weighted by molar-refractivity contribution is -0.124. The molecule has 0 aliphatic rings. The summed E-state index contributed by atoms with van der Waals surface area (Å²) in [5.41, 5.74) is 0.102. The number of Topliss-reactive ketones (excluding diaryl/α,β-unsaturated/α-hetero) is 1. The van der Waals surface area contributed by atoms with Crippen molar-refractivity contribution in [3.8, 4) is 0 Å². The molecule has 25 heavy (non-hydrogen) atoms. The van der Waals surface area contributed by atoms with Crippen LogP contribution in [-0.4, -0.2) is 39.1 Å². The Morgan fingerprint density at radius 2 is 1.56 bits per heavy atom. The molecule has 1 unspecified atom stereocenters. The minimum atomic E-state index is -3.51. The fraction of sp³-hybridized carbons (Fsp3) is 0.833. The zero-order valence-electron chi connectivity index (χ0n) is 17.6. The Hall–Kier alpha value is -0.263. The highest BCUT2D eigenvalue weighted by Gasteiger charge is 2.44. The molecule has 0 heterocycles. The summed E-state index contributed by atoms with van der Waals surface area (Å²) in [6.07, 6.45) is 1.07. The number of hydrogen-bond acceptors (Lipinski definition) is 5. The van der Waals surface area contributed by atoms with Crippen molar-refractivity contribution in [1.82, 2.24) is 0 Å². The zero-order chi connectivity index (χ0) is 20.1. The van der Waals surface area contributed by atoms with Gasteiger partial charge in [0.25, 0.3) is 0 Å². The van der Waals surface area contributed by atoms with E-state index >= 15 is 0 Å². The van der Waals surface area contributed by atoms with Crippen LogP contribution in [0.3, 0.4) is 0 Å². The molecule has 0 rings (SSSR count). The van der Waals surface area contributed by atoms with Gasteiger partial charge in [-0.25, -0.2) is 0 Å². The summed E-state index contributed by atoms with van der Waals surface area (Å²) in [7, 11) is -5.69. The third-order valence-electron chi connectivity index (χ3n) is 4.50. The molecular weight excluding hydrogens is 355 g/mol. The van der Waals surface area contributed by atoms with Crippen molar-refractivity contribution < 1.29 is 22.8 Å². The molecule has 0 saturated carbocycles. The van der Waals surface area contributed by atoms with Crippen LogP contribution in [0.1, 0.15) is 55.4 Å². The molecule has 2 atom stereocenters. The molecule has 7 heteroatoms. The van der Waals surface area contributed by atoms with Crippen LogP contribution in [0.25, 0.3) is 0 Å². The predicted molar refractivity (Wildman–Crippen MR) is 107 cm³/mol. The van der Waals surface area contributed by atoms with E-state index in [1.165, 1.54) is 0 Å². The molecule has 0 amide bonds. The molecular formula is C18H37O5PSi. The molecule has 5 nitrogen and oxygen atoms in total. The second-order valence-corrected chi connectivity index (χ2v) is 15.1. The first kappa shape index (κ1) is 24.7. The molecule has 0 aliphatic heterocycles. The Morgan fingerprint density at radius 3 is 1.88 bits per heavy atom. The topological polar surface area (TPSA) is 61.8 Å². The molecule has 0 N–H and O–H groups in total. The van der Waals surface area contributed by atoms with Gasteiger partial charge in [0.1, 0.15) is 11.8 Å². The maximum absolute atomic E-state index is 13.1. The molecule has 0 fully saturated rings. The van der Waals surface area contributed by atoms with Gasteiger partial charge >= 0.3 is 7.60 Å². The van der Waals surface area contributed by atoms with Gasteiger partial charge in [0.05, 0.1) is 13.2 Å². The number of ketones is 1. The monoisotopic (exact) mass is 392 g/mol. The number of rotatable bonds is 10. The van der Waals surface area contributed by atoms with Gasteiger partial charge in [-0.05, 0) is 52.8 Å². The summed E-state index contributed by atoms with van der Waals surface area (Å²) in [6.45, 7) is 19.9. The molecule has 0 aromatic carbocycles. The highest BCUT2D eigenvalue weighted by molar-refractivity contribution is 7.55. The lowest BCUT2D eigenvalue weighted by Crippen LogP contribution is -2.47. The molecule has 0 bridgehead atoms. The molecule has 0 aromatic rings. The van der Waals surface area contributed by atoms with Crippen molar-refractivity contribution in [1.29, 1.82) is 0 Å². The average Bonchev–Trinajstić information content (AvgIpc) is 2.43. The van der Waals surface area contributed by atoms with E-state index in [1.54, 1.807) is 20.8 Å². The summed E-state index contributed by atoms with van der Waals surface area (Å²) in [5, 5.41) is -0.0339. The van der Waals surface area contributed by atoms with Gasteiger partial charge in [-0.2, -0.15) is 0 Å². The van der Waals surface area contributed by atoms with Crippen molar-refractivity contribution in [3.63, 3.8) is 0 Å². The molecule has 0 saturated heterocycles. The average molecular weight is 393 g/mol. The number of carbonyl (C=O) groups is 1. The Balaban J connectivity index is 5.72. The second-order valence-electron chi connectivity index (χ2n) is 8.00. The summed E-state index contributed by atoms with van der Waals surface area (Å²) >= 11 is 0. The van der Waals surface area contributed by atoms with Crippen molar-refractivity contribution in [3.05, 3.63) is 11.6 Å². The van der Waals surface area contributed by atoms with Crippen molar-refractivity contribution in [2.75, 3.05) is 13.2 Å². The van der Waals surface area contributed by atoms with Crippen LogP contribution in [0.4, 0.5) is 0 Å². The molecule has 0 radical (unpaired) electrons. The number of allylic oxidation sites excluding steroid dienone is 1. The Labute approximate surface area is 155 Å². The highest BCUT2D eigenvalue weighted by atomic mass is 31.2. The smallest absolute Gasteiger partial charge is 0.340 e. The van der Waals surface area contributed by atoms with Gasteiger partial charge in [0.15, 0.2) is 14.1 Å². The fourth-order valence-electron chi connectivity index (χ4n) is 1.99. The summed E-state index contributed by atoms with van der Waals surface area (Å²) in [5.74, 6) is -0.253. The van der Waals surface area contributed by atoms with Gasteiger partial charge in [-0.3, -0.25) is 9.36 Å². The van der Waals surface area contributed by atoms with E-state index in [4.69, 9.17) is 13.5 Å². The molecule has 0 aromatic heterocycles. The quantitative estimate of drug-likeness (QED) is 0.276. The largest absolute Gasteiger partial charge is 0.403 e. The summed E-state index contributed by atoms with van der Waals surface area (Å²) in [6, 6.07) is 0. The van der Waals surface area contributed by atoms with Crippen LogP contribution < -0.4 is 0 Å². The van der Waals surface area contributed by atoms with Gasteiger partial charge in [-0.15, -0.1) is 0 Å². The highest BCUT2D eigenvalue weighted by Crippen LogP contribution is 2.53. The van der Waals surface area contributed by atoms with Gasteiger partial charge in [0, 0.05) is 0 Å². The van der Waals surface area contributed by atoms with E-state index in [-0.39, 0.29) is 24.0 Å². The van der Waals surface area contributed by atoms with Gasteiger partial charge in [-0.1, -0.05) is 32.4 Å². The normalized spacial score (nSPS) is 15.6. The minimum Gasteiger partial charge on any atom is -0.403 e. The SMILES string of the molecule is CCOP(=O)(OCC)C(C)C(=O)[C@@H](C=C(C)C)O[Si](C)(C)C(C)(C)C. The second kappa shape index (κ2) is 9.61. The maximum Gasteiger partial charge on any atom is 0.340 e.